The van der Waals surface area contributed by atoms with Crippen molar-refractivity contribution in [2.45, 2.75) is 51.7 Å². The predicted octanol–water partition coefficient (Wildman–Crippen LogP) is 1.56. The van der Waals surface area contributed by atoms with E-state index in [0.717, 1.165) is 0 Å². The largest absolute Gasteiger partial charge is 0.469 e. The van der Waals surface area contributed by atoms with Crippen molar-refractivity contribution < 1.29 is 24.2 Å². The van der Waals surface area contributed by atoms with Crippen LogP contribution in [0.1, 0.15) is 40.0 Å². The number of carbonyl (C=O) groups is 2. The molecule has 1 heterocycles. The van der Waals surface area contributed by atoms with E-state index in [1.165, 1.54) is 12.0 Å². The van der Waals surface area contributed by atoms with E-state index < -0.39 is 17.8 Å². The number of piperidine rings is 1. The van der Waals surface area contributed by atoms with Crippen molar-refractivity contribution in [3.63, 3.8) is 0 Å². The van der Waals surface area contributed by atoms with Crippen LogP contribution in [0, 0.1) is 5.92 Å². The van der Waals surface area contributed by atoms with Gasteiger partial charge in [0.05, 0.1) is 19.8 Å². The fourth-order valence-electron chi connectivity index (χ4n) is 2.21. The first-order chi connectivity index (χ1) is 9.23. The Bertz CT molecular complexity index is 350. The van der Waals surface area contributed by atoms with E-state index in [9.17, 15) is 14.7 Å². The zero-order valence-electron chi connectivity index (χ0n) is 12.7. The van der Waals surface area contributed by atoms with Gasteiger partial charge in [-0.15, -0.1) is 0 Å². The fourth-order valence-corrected chi connectivity index (χ4v) is 2.21. The summed E-state index contributed by atoms with van der Waals surface area (Å²) in [6.45, 7) is 6.22. The van der Waals surface area contributed by atoms with Crippen LogP contribution in [0.15, 0.2) is 0 Å². The van der Waals surface area contributed by atoms with Gasteiger partial charge in [0.25, 0.3) is 0 Å². The fraction of sp³-hybridized carbons (Fsp3) is 0.857. The van der Waals surface area contributed by atoms with Crippen LogP contribution < -0.4 is 0 Å². The average molecular weight is 287 g/mol. The summed E-state index contributed by atoms with van der Waals surface area (Å²) < 4.78 is 9.86. The number of hydrogen-bond acceptors (Lipinski definition) is 5. The Morgan fingerprint density at radius 1 is 1.35 bits per heavy atom. The maximum Gasteiger partial charge on any atom is 0.410 e. The van der Waals surface area contributed by atoms with E-state index >= 15 is 0 Å². The molecule has 0 spiro atoms. The van der Waals surface area contributed by atoms with Crippen LogP contribution in [0.3, 0.4) is 0 Å². The second-order valence-electron chi connectivity index (χ2n) is 6.16. The smallest absolute Gasteiger partial charge is 0.410 e. The molecule has 1 amide bonds. The zero-order chi connectivity index (χ0) is 15.3. The van der Waals surface area contributed by atoms with E-state index in [4.69, 9.17) is 4.74 Å². The van der Waals surface area contributed by atoms with Crippen molar-refractivity contribution >= 4 is 12.1 Å². The molecule has 116 valence electrons. The quantitative estimate of drug-likeness (QED) is 0.797. The zero-order valence-corrected chi connectivity index (χ0v) is 12.7. The normalized spacial score (nSPS) is 23.4. The lowest BCUT2D eigenvalue weighted by Crippen LogP contribution is -2.48. The van der Waals surface area contributed by atoms with E-state index in [1.807, 2.05) is 20.8 Å². The van der Waals surface area contributed by atoms with Crippen LogP contribution in [-0.4, -0.2) is 54.0 Å². The van der Waals surface area contributed by atoms with Gasteiger partial charge in [-0.05, 0) is 39.5 Å². The Balaban J connectivity index is 2.43. The van der Waals surface area contributed by atoms with Gasteiger partial charge in [0.1, 0.15) is 5.60 Å². The summed E-state index contributed by atoms with van der Waals surface area (Å²) in [6, 6.07) is 0. The molecule has 0 aliphatic carbocycles. The van der Waals surface area contributed by atoms with Gasteiger partial charge in [-0.3, -0.25) is 4.79 Å². The third-order valence-corrected chi connectivity index (χ3v) is 3.32. The van der Waals surface area contributed by atoms with Crippen molar-refractivity contribution in [1.82, 2.24) is 4.90 Å². The number of aliphatic hydroxyl groups excluding tert-OH is 1. The number of likely N-dealkylation sites (tertiary alicyclic amines) is 1. The number of β-amino-alcohol motifs (C(OH)–C–C–N with tert-alkyl or cyclic N) is 1. The summed E-state index contributed by atoms with van der Waals surface area (Å²) >= 11 is 0. The highest BCUT2D eigenvalue weighted by atomic mass is 16.6. The van der Waals surface area contributed by atoms with Crippen LogP contribution in [-0.2, 0) is 14.3 Å². The molecule has 0 saturated carbocycles. The molecule has 1 rings (SSSR count). The molecule has 1 saturated heterocycles. The van der Waals surface area contributed by atoms with Gasteiger partial charge in [0.2, 0.25) is 0 Å². The van der Waals surface area contributed by atoms with E-state index in [2.05, 4.69) is 4.74 Å². The molecule has 1 N–H and O–H groups in total. The Morgan fingerprint density at radius 3 is 2.50 bits per heavy atom. The molecule has 0 aromatic heterocycles. The Kier molecular flexibility index (Phi) is 5.80. The number of esters is 1. The average Bonchev–Trinajstić information content (AvgIpc) is 2.34. The van der Waals surface area contributed by atoms with Gasteiger partial charge < -0.3 is 19.5 Å². The molecule has 2 atom stereocenters. The SMILES string of the molecule is COC(=O)CCC1CCN(C(=O)OC(C)(C)C)CC1O. The minimum Gasteiger partial charge on any atom is -0.469 e. The highest BCUT2D eigenvalue weighted by Crippen LogP contribution is 2.24. The van der Waals surface area contributed by atoms with Crippen molar-refractivity contribution in [3.8, 4) is 0 Å². The van der Waals surface area contributed by atoms with Gasteiger partial charge in [-0.2, -0.15) is 0 Å². The molecule has 0 radical (unpaired) electrons. The summed E-state index contributed by atoms with van der Waals surface area (Å²) in [5, 5.41) is 10.1. The lowest BCUT2D eigenvalue weighted by atomic mass is 9.90. The van der Waals surface area contributed by atoms with Gasteiger partial charge in [0.15, 0.2) is 0 Å². The predicted molar refractivity (Wildman–Crippen MR) is 73.2 cm³/mol. The maximum atomic E-state index is 11.9. The van der Waals surface area contributed by atoms with Crippen molar-refractivity contribution in [1.29, 1.82) is 0 Å². The summed E-state index contributed by atoms with van der Waals surface area (Å²) in [5.41, 5.74) is -0.538. The molecule has 2 unspecified atom stereocenters. The van der Waals surface area contributed by atoms with E-state index in [1.54, 1.807) is 0 Å². The topological polar surface area (TPSA) is 76.1 Å². The number of amides is 1. The lowest BCUT2D eigenvalue weighted by Gasteiger charge is -2.36. The van der Waals surface area contributed by atoms with Crippen LogP contribution in [0.5, 0.6) is 0 Å². The summed E-state index contributed by atoms with van der Waals surface area (Å²) in [6.07, 6.45) is 0.516. The van der Waals surface area contributed by atoms with Crippen LogP contribution in [0.25, 0.3) is 0 Å². The first-order valence-corrected chi connectivity index (χ1v) is 6.95. The molecule has 1 fully saturated rings. The second kappa shape index (κ2) is 6.92. The van der Waals surface area contributed by atoms with Gasteiger partial charge in [-0.1, -0.05) is 0 Å². The van der Waals surface area contributed by atoms with Gasteiger partial charge in [0, 0.05) is 13.0 Å². The summed E-state index contributed by atoms with van der Waals surface area (Å²) in [7, 11) is 1.35. The number of nitrogens with zero attached hydrogens (tertiary/aromatic N) is 1. The molecule has 0 aromatic rings. The minimum absolute atomic E-state index is 0.0211. The number of ether oxygens (including phenoxy) is 2. The second-order valence-corrected chi connectivity index (χ2v) is 6.16. The number of rotatable bonds is 3. The van der Waals surface area contributed by atoms with Crippen molar-refractivity contribution in [2.75, 3.05) is 20.2 Å². The van der Waals surface area contributed by atoms with Gasteiger partial charge in [-0.25, -0.2) is 4.79 Å². The molecule has 20 heavy (non-hydrogen) atoms. The monoisotopic (exact) mass is 287 g/mol. The van der Waals surface area contributed by atoms with Crippen LogP contribution >= 0.6 is 0 Å². The lowest BCUT2D eigenvalue weighted by molar-refractivity contribution is -0.141. The van der Waals surface area contributed by atoms with E-state index in [-0.39, 0.29) is 18.4 Å². The number of aliphatic hydroxyl groups is 1. The van der Waals surface area contributed by atoms with Crippen LogP contribution in [0.4, 0.5) is 4.79 Å². The first-order valence-electron chi connectivity index (χ1n) is 6.95. The number of hydrogen-bond donors (Lipinski definition) is 1. The molecule has 6 heteroatoms. The van der Waals surface area contributed by atoms with Crippen molar-refractivity contribution in [2.24, 2.45) is 5.92 Å². The summed E-state index contributed by atoms with van der Waals surface area (Å²) in [5.74, 6) is -0.250. The third-order valence-electron chi connectivity index (χ3n) is 3.32. The minimum atomic E-state index is -0.624. The molecular weight excluding hydrogens is 262 g/mol. The maximum absolute atomic E-state index is 11.9. The molecule has 0 aromatic carbocycles. The molecule has 6 nitrogen and oxygen atoms in total. The van der Waals surface area contributed by atoms with Crippen LogP contribution in [0.2, 0.25) is 0 Å². The number of carbonyl (C=O) groups excluding carboxylic acids is 2. The molecule has 1 aliphatic rings. The third kappa shape index (κ3) is 5.36. The van der Waals surface area contributed by atoms with Gasteiger partial charge >= 0.3 is 12.1 Å². The van der Waals surface area contributed by atoms with Crippen molar-refractivity contribution in [3.05, 3.63) is 0 Å². The van der Waals surface area contributed by atoms with E-state index in [0.29, 0.717) is 25.8 Å². The Morgan fingerprint density at radius 2 is 2.00 bits per heavy atom. The molecule has 0 bridgehead atoms. The Labute approximate surface area is 120 Å². The molecular formula is C14H25NO5. The highest BCUT2D eigenvalue weighted by Gasteiger charge is 2.32. The summed E-state index contributed by atoms with van der Waals surface area (Å²) in [4.78, 5) is 24.5. The highest BCUT2D eigenvalue weighted by molar-refractivity contribution is 5.69. The first kappa shape index (κ1) is 16.8. The standard InChI is InChI=1S/C14H25NO5/c1-14(2,3)20-13(18)15-8-7-10(11(16)9-15)5-6-12(17)19-4/h10-11,16H,5-9H2,1-4H3. The number of methoxy groups -OCH3 is 1. The molecule has 1 aliphatic heterocycles. The Hall–Kier alpha value is -1.30.